The van der Waals surface area contributed by atoms with E-state index in [4.69, 9.17) is 0 Å². The number of carbonyl (C=O) groups is 1. The molecule has 98 valence electrons. The van der Waals surface area contributed by atoms with E-state index in [0.29, 0.717) is 13.1 Å². The molecule has 2 fully saturated rings. The fourth-order valence-corrected chi connectivity index (χ4v) is 4.59. The van der Waals surface area contributed by atoms with Crippen molar-refractivity contribution < 1.29 is 18.3 Å². The summed E-state index contributed by atoms with van der Waals surface area (Å²) in [6, 6.07) is 0. The lowest BCUT2D eigenvalue weighted by molar-refractivity contribution is -0.151. The van der Waals surface area contributed by atoms with E-state index in [9.17, 15) is 18.3 Å². The van der Waals surface area contributed by atoms with E-state index in [1.807, 2.05) is 11.9 Å². The average Bonchev–Trinajstić information content (AvgIpc) is 2.57. The smallest absolute Gasteiger partial charge is 0.325 e. The van der Waals surface area contributed by atoms with Crippen molar-refractivity contribution in [2.45, 2.75) is 12.0 Å². The summed E-state index contributed by atoms with van der Waals surface area (Å²) < 4.78 is 23.1. The molecule has 0 bridgehead atoms. The molecule has 17 heavy (non-hydrogen) atoms. The topological polar surface area (TPSA) is 77.9 Å². The monoisotopic (exact) mass is 262 g/mol. The van der Waals surface area contributed by atoms with Gasteiger partial charge in [0.25, 0.3) is 0 Å². The second-order valence-corrected chi connectivity index (χ2v) is 7.15. The molecule has 1 atom stereocenters. The maximum atomic E-state index is 11.6. The fourth-order valence-electron chi connectivity index (χ4n) is 2.62. The lowest BCUT2D eigenvalue weighted by atomic mass is 9.95. The molecule has 1 unspecified atom stereocenters. The van der Waals surface area contributed by atoms with Crippen molar-refractivity contribution in [3.63, 3.8) is 0 Å². The summed E-state index contributed by atoms with van der Waals surface area (Å²) in [6.45, 7) is 2.82. The van der Waals surface area contributed by atoms with Crippen molar-refractivity contribution >= 4 is 15.8 Å². The average molecular weight is 262 g/mol. The Morgan fingerprint density at radius 2 is 1.82 bits per heavy atom. The zero-order chi connectivity index (χ0) is 12.7. The van der Waals surface area contributed by atoms with E-state index < -0.39 is 21.3 Å². The molecule has 2 saturated heterocycles. The Morgan fingerprint density at radius 1 is 1.24 bits per heavy atom. The molecule has 2 aliphatic rings. The lowest BCUT2D eigenvalue weighted by Gasteiger charge is -2.41. The van der Waals surface area contributed by atoms with Gasteiger partial charge in [-0.05, 0) is 13.5 Å². The van der Waals surface area contributed by atoms with Gasteiger partial charge in [-0.25, -0.2) is 8.42 Å². The second-order valence-electron chi connectivity index (χ2n) is 4.97. The standard InChI is InChI=1S/C10H18N2O4S/c1-11-3-5-12(6-4-11)10(9(13)14)2-7-17(15,16)8-10/h2-8H2,1H3,(H,13,14). The molecule has 2 rings (SSSR count). The quantitative estimate of drug-likeness (QED) is 0.679. The summed E-state index contributed by atoms with van der Waals surface area (Å²) >= 11 is 0. The van der Waals surface area contributed by atoms with Gasteiger partial charge in [0, 0.05) is 26.2 Å². The van der Waals surface area contributed by atoms with Crippen LogP contribution in [0.1, 0.15) is 6.42 Å². The van der Waals surface area contributed by atoms with Crippen LogP contribution in [0.15, 0.2) is 0 Å². The minimum absolute atomic E-state index is 0.00829. The molecule has 0 saturated carbocycles. The molecular weight excluding hydrogens is 244 g/mol. The molecule has 1 N–H and O–H groups in total. The van der Waals surface area contributed by atoms with Gasteiger partial charge in [0.2, 0.25) is 0 Å². The van der Waals surface area contributed by atoms with Crippen molar-refractivity contribution in [1.29, 1.82) is 0 Å². The first-order valence-corrected chi connectivity index (χ1v) is 7.55. The van der Waals surface area contributed by atoms with Crippen molar-refractivity contribution in [3.05, 3.63) is 0 Å². The van der Waals surface area contributed by atoms with Gasteiger partial charge >= 0.3 is 5.97 Å². The first-order chi connectivity index (χ1) is 7.86. The zero-order valence-electron chi connectivity index (χ0n) is 9.92. The molecule has 7 heteroatoms. The minimum Gasteiger partial charge on any atom is -0.480 e. The van der Waals surface area contributed by atoms with Crippen LogP contribution in [-0.2, 0) is 14.6 Å². The van der Waals surface area contributed by atoms with Crippen LogP contribution >= 0.6 is 0 Å². The van der Waals surface area contributed by atoms with E-state index in [-0.39, 0.29) is 17.9 Å². The molecule has 0 aromatic heterocycles. The van der Waals surface area contributed by atoms with Crippen LogP contribution in [0.25, 0.3) is 0 Å². The number of piperazine rings is 1. The Kier molecular flexibility index (Phi) is 3.17. The minimum atomic E-state index is -3.20. The second kappa shape index (κ2) is 4.22. The molecule has 6 nitrogen and oxygen atoms in total. The maximum Gasteiger partial charge on any atom is 0.325 e. The van der Waals surface area contributed by atoms with Crippen LogP contribution in [0.5, 0.6) is 0 Å². The molecule has 0 amide bonds. The summed E-state index contributed by atoms with van der Waals surface area (Å²) in [4.78, 5) is 15.4. The number of rotatable bonds is 2. The molecular formula is C10H18N2O4S. The van der Waals surface area contributed by atoms with Gasteiger partial charge in [-0.2, -0.15) is 0 Å². The molecule has 2 heterocycles. The Bertz CT molecular complexity index is 414. The van der Waals surface area contributed by atoms with Gasteiger partial charge in [0.1, 0.15) is 5.54 Å². The summed E-state index contributed by atoms with van der Waals surface area (Å²) in [7, 11) is -1.22. The lowest BCUT2D eigenvalue weighted by Crippen LogP contribution is -2.61. The predicted octanol–water partition coefficient (Wildman–Crippen LogP) is -1.12. The normalized spacial score (nSPS) is 34.9. The van der Waals surface area contributed by atoms with E-state index in [0.717, 1.165) is 13.1 Å². The number of hydrogen-bond acceptors (Lipinski definition) is 5. The molecule has 0 aromatic rings. The Labute approximate surface area is 101 Å². The van der Waals surface area contributed by atoms with Crippen LogP contribution < -0.4 is 0 Å². The number of likely N-dealkylation sites (N-methyl/N-ethyl adjacent to an activating group) is 1. The highest BCUT2D eigenvalue weighted by Crippen LogP contribution is 2.31. The highest BCUT2D eigenvalue weighted by Gasteiger charge is 2.52. The van der Waals surface area contributed by atoms with Gasteiger partial charge in [0.05, 0.1) is 11.5 Å². The van der Waals surface area contributed by atoms with Crippen molar-refractivity contribution in [2.75, 3.05) is 44.7 Å². The number of hydrogen-bond donors (Lipinski definition) is 1. The first-order valence-electron chi connectivity index (χ1n) is 5.73. The van der Waals surface area contributed by atoms with Crippen LogP contribution in [0.2, 0.25) is 0 Å². The summed E-state index contributed by atoms with van der Waals surface area (Å²) in [5.41, 5.74) is -1.18. The van der Waals surface area contributed by atoms with Crippen LogP contribution in [0, 0.1) is 0 Å². The van der Waals surface area contributed by atoms with Crippen LogP contribution in [0.3, 0.4) is 0 Å². The molecule has 0 aliphatic carbocycles. The molecule has 0 radical (unpaired) electrons. The number of sulfone groups is 1. The summed E-state index contributed by atoms with van der Waals surface area (Å²) in [5, 5.41) is 9.39. The van der Waals surface area contributed by atoms with Crippen LogP contribution in [0.4, 0.5) is 0 Å². The largest absolute Gasteiger partial charge is 0.480 e. The Morgan fingerprint density at radius 3 is 2.24 bits per heavy atom. The van der Waals surface area contributed by atoms with E-state index in [2.05, 4.69) is 4.90 Å². The molecule has 0 aromatic carbocycles. The first kappa shape index (κ1) is 12.8. The van der Waals surface area contributed by atoms with Gasteiger partial charge in [-0.1, -0.05) is 0 Å². The molecule has 0 spiro atoms. The molecule has 2 aliphatic heterocycles. The van der Waals surface area contributed by atoms with Gasteiger partial charge in [-0.3, -0.25) is 9.69 Å². The number of aliphatic carboxylic acids is 1. The summed E-state index contributed by atoms with van der Waals surface area (Å²) in [5.74, 6) is -1.24. The van der Waals surface area contributed by atoms with Crippen molar-refractivity contribution in [2.24, 2.45) is 0 Å². The number of carboxylic acid groups (broad SMARTS) is 1. The Hall–Kier alpha value is -0.660. The Balaban J connectivity index is 2.22. The third-order valence-electron chi connectivity index (χ3n) is 3.79. The number of carboxylic acids is 1. The van der Waals surface area contributed by atoms with Gasteiger partial charge in [0.15, 0.2) is 9.84 Å². The van der Waals surface area contributed by atoms with Crippen molar-refractivity contribution in [1.82, 2.24) is 9.80 Å². The van der Waals surface area contributed by atoms with Gasteiger partial charge in [-0.15, -0.1) is 0 Å². The zero-order valence-corrected chi connectivity index (χ0v) is 10.7. The highest BCUT2D eigenvalue weighted by atomic mass is 32.2. The fraction of sp³-hybridized carbons (Fsp3) is 0.900. The highest BCUT2D eigenvalue weighted by molar-refractivity contribution is 7.91. The SMILES string of the molecule is CN1CCN(C2(C(=O)O)CCS(=O)(=O)C2)CC1. The summed E-state index contributed by atoms with van der Waals surface area (Å²) in [6.07, 6.45) is 0.217. The van der Waals surface area contributed by atoms with Crippen LogP contribution in [-0.4, -0.2) is 79.6 Å². The maximum absolute atomic E-state index is 11.6. The van der Waals surface area contributed by atoms with E-state index in [1.54, 1.807) is 0 Å². The third kappa shape index (κ3) is 2.31. The van der Waals surface area contributed by atoms with Crippen molar-refractivity contribution in [3.8, 4) is 0 Å². The van der Waals surface area contributed by atoms with E-state index in [1.165, 1.54) is 0 Å². The predicted molar refractivity (Wildman–Crippen MR) is 62.7 cm³/mol. The third-order valence-corrected chi connectivity index (χ3v) is 5.54. The van der Waals surface area contributed by atoms with Gasteiger partial charge < -0.3 is 10.0 Å². The van der Waals surface area contributed by atoms with E-state index >= 15 is 0 Å². The number of nitrogens with zero attached hydrogens (tertiary/aromatic N) is 2.